The highest BCUT2D eigenvalue weighted by Crippen LogP contribution is 2.25. The minimum Gasteiger partial charge on any atom is -0.362 e. The predicted octanol–water partition coefficient (Wildman–Crippen LogP) is 3.46. The van der Waals surface area contributed by atoms with Gasteiger partial charge in [0.15, 0.2) is 33.5 Å². The van der Waals surface area contributed by atoms with Crippen LogP contribution in [0.5, 0.6) is 0 Å². The minimum atomic E-state index is -2.30. The van der Waals surface area contributed by atoms with Gasteiger partial charge in [-0.2, -0.15) is 10.2 Å². The summed E-state index contributed by atoms with van der Waals surface area (Å²) in [5, 5.41) is 13.3. The molecule has 0 aromatic heterocycles. The fourth-order valence-corrected chi connectivity index (χ4v) is 2.88. The highest BCUT2D eigenvalue weighted by atomic mass is 32.1. The van der Waals surface area contributed by atoms with Crippen molar-refractivity contribution in [1.82, 2.24) is 21.5 Å². The van der Waals surface area contributed by atoms with Crippen molar-refractivity contribution >= 4 is 46.1 Å². The molecule has 2 aromatic carbocycles. The second-order valence-electron chi connectivity index (χ2n) is 6.17. The van der Waals surface area contributed by atoms with E-state index in [4.69, 9.17) is 24.4 Å². The van der Waals surface area contributed by atoms with Crippen LogP contribution in [0.4, 0.5) is 22.0 Å². The van der Waals surface area contributed by atoms with Crippen LogP contribution in [0.15, 0.2) is 40.5 Å². The van der Waals surface area contributed by atoms with E-state index in [0.29, 0.717) is 13.1 Å². The van der Waals surface area contributed by atoms with E-state index in [1.54, 1.807) is 32.0 Å². The maximum Gasteiger partial charge on any atom is 0.200 e. The van der Waals surface area contributed by atoms with E-state index < -0.39 is 40.4 Å². The Kier molecular flexibility index (Phi) is 9.60. The first kappa shape index (κ1) is 26.1. The smallest absolute Gasteiger partial charge is 0.200 e. The maximum atomic E-state index is 14.7. The van der Waals surface area contributed by atoms with Crippen LogP contribution in [0, 0.1) is 29.1 Å². The lowest BCUT2D eigenvalue weighted by molar-refractivity contribution is 0.377. The molecule has 0 aliphatic carbocycles. The van der Waals surface area contributed by atoms with Gasteiger partial charge in [0.25, 0.3) is 0 Å². The topological polar surface area (TPSA) is 72.8 Å². The lowest BCUT2D eigenvalue weighted by atomic mass is 9.98. The summed E-state index contributed by atoms with van der Waals surface area (Å²) in [4.78, 5) is 0. The fraction of sp³-hybridized carbons (Fsp3) is 0.200. The third kappa shape index (κ3) is 6.42. The van der Waals surface area contributed by atoms with Crippen LogP contribution >= 0.6 is 24.4 Å². The van der Waals surface area contributed by atoms with Crippen LogP contribution in [-0.4, -0.2) is 34.7 Å². The zero-order chi connectivity index (χ0) is 24.5. The molecular weight excluding hydrogens is 483 g/mol. The van der Waals surface area contributed by atoms with Crippen molar-refractivity contribution < 1.29 is 22.0 Å². The Hall–Kier alpha value is -3.19. The Balaban J connectivity index is 2.79. The number of hydrogen-bond donors (Lipinski definition) is 4. The van der Waals surface area contributed by atoms with Crippen LogP contribution in [0.2, 0.25) is 0 Å². The molecule has 2 aromatic rings. The van der Waals surface area contributed by atoms with Gasteiger partial charge >= 0.3 is 0 Å². The summed E-state index contributed by atoms with van der Waals surface area (Å²) < 4.78 is 71.1. The largest absolute Gasteiger partial charge is 0.362 e. The number of hydrogen-bond acceptors (Lipinski definition) is 4. The Labute approximate surface area is 197 Å². The van der Waals surface area contributed by atoms with Gasteiger partial charge < -0.3 is 10.6 Å². The minimum absolute atomic E-state index is 0.0533. The highest BCUT2D eigenvalue weighted by Gasteiger charge is 2.31. The monoisotopic (exact) mass is 502 g/mol. The molecule has 4 N–H and O–H groups in total. The van der Waals surface area contributed by atoms with E-state index in [-0.39, 0.29) is 21.5 Å². The van der Waals surface area contributed by atoms with Crippen molar-refractivity contribution in [3.05, 3.63) is 70.5 Å². The third-order valence-electron chi connectivity index (χ3n) is 3.93. The van der Waals surface area contributed by atoms with E-state index in [1.807, 2.05) is 0 Å². The molecule has 0 saturated carbocycles. The molecule has 0 heterocycles. The molecule has 6 nitrogen and oxygen atoms in total. The number of hydrazone groups is 2. The molecular formula is C20H19F5N6S2. The van der Waals surface area contributed by atoms with Gasteiger partial charge in [0, 0.05) is 18.7 Å². The number of nitrogens with zero attached hydrogens (tertiary/aromatic N) is 2. The van der Waals surface area contributed by atoms with Crippen LogP contribution in [0.25, 0.3) is 0 Å². The van der Waals surface area contributed by atoms with E-state index >= 15 is 0 Å². The molecule has 0 unspecified atom stereocenters. The number of nitrogens with one attached hydrogen (secondary N) is 4. The van der Waals surface area contributed by atoms with Crippen molar-refractivity contribution in [3.63, 3.8) is 0 Å². The summed E-state index contributed by atoms with van der Waals surface area (Å²) in [5.74, 6) is -10.7. The second-order valence-corrected chi connectivity index (χ2v) is 6.99. The Morgan fingerprint density at radius 3 is 1.58 bits per heavy atom. The van der Waals surface area contributed by atoms with Gasteiger partial charge in [-0.1, -0.05) is 30.3 Å². The first-order chi connectivity index (χ1) is 15.7. The van der Waals surface area contributed by atoms with Crippen molar-refractivity contribution in [1.29, 1.82) is 0 Å². The quantitative estimate of drug-likeness (QED) is 0.116. The average Bonchev–Trinajstić information content (AvgIpc) is 2.80. The maximum absolute atomic E-state index is 14.7. The summed E-state index contributed by atoms with van der Waals surface area (Å²) in [6.07, 6.45) is 0. The Morgan fingerprint density at radius 1 is 0.697 bits per heavy atom. The van der Waals surface area contributed by atoms with E-state index in [9.17, 15) is 22.0 Å². The summed E-state index contributed by atoms with van der Waals surface area (Å²) in [6, 6.07) is 7.83. The van der Waals surface area contributed by atoms with Gasteiger partial charge in [0.2, 0.25) is 5.82 Å². The zero-order valence-electron chi connectivity index (χ0n) is 17.4. The van der Waals surface area contributed by atoms with Crippen molar-refractivity contribution in [2.45, 2.75) is 13.8 Å². The average molecular weight is 503 g/mol. The summed E-state index contributed by atoms with van der Waals surface area (Å²) >= 11 is 10.0. The van der Waals surface area contributed by atoms with Crippen molar-refractivity contribution in [2.24, 2.45) is 10.2 Å². The van der Waals surface area contributed by atoms with E-state index in [0.717, 1.165) is 0 Å². The molecule has 0 fully saturated rings. The lowest BCUT2D eigenvalue weighted by Gasteiger charge is -2.15. The summed E-state index contributed by atoms with van der Waals surface area (Å²) in [7, 11) is 0. The molecule has 0 aliphatic rings. The first-order valence-electron chi connectivity index (χ1n) is 9.53. The van der Waals surface area contributed by atoms with Gasteiger partial charge in [0.05, 0.1) is 5.56 Å². The lowest BCUT2D eigenvalue weighted by Crippen LogP contribution is -2.36. The SMILES string of the molecule is CCNC(=S)NN=C(C(=NNC(=S)NCC)c1c(F)c(F)c(F)c(F)c1F)c1ccccc1. The molecule has 0 atom stereocenters. The Bertz CT molecular complexity index is 1060. The normalized spacial score (nSPS) is 11.7. The molecule has 176 valence electrons. The molecule has 13 heteroatoms. The predicted molar refractivity (Wildman–Crippen MR) is 125 cm³/mol. The van der Waals surface area contributed by atoms with Crippen LogP contribution in [-0.2, 0) is 0 Å². The number of halogens is 5. The molecule has 0 saturated heterocycles. The zero-order valence-corrected chi connectivity index (χ0v) is 19.0. The van der Waals surface area contributed by atoms with Gasteiger partial charge in [0.1, 0.15) is 11.4 Å². The van der Waals surface area contributed by atoms with Gasteiger partial charge in [-0.3, -0.25) is 10.9 Å². The van der Waals surface area contributed by atoms with Crippen LogP contribution < -0.4 is 21.5 Å². The molecule has 0 aliphatic heterocycles. The summed E-state index contributed by atoms with van der Waals surface area (Å²) in [6.45, 7) is 4.32. The van der Waals surface area contributed by atoms with Crippen LogP contribution in [0.3, 0.4) is 0 Å². The van der Waals surface area contributed by atoms with Gasteiger partial charge in [-0.05, 0) is 38.3 Å². The molecule has 0 radical (unpaired) electrons. The first-order valence-corrected chi connectivity index (χ1v) is 10.3. The highest BCUT2D eigenvalue weighted by molar-refractivity contribution is 7.80. The van der Waals surface area contributed by atoms with E-state index in [1.165, 1.54) is 12.1 Å². The molecule has 0 bridgehead atoms. The third-order valence-corrected chi connectivity index (χ3v) is 4.40. The van der Waals surface area contributed by atoms with Gasteiger partial charge in [-0.25, -0.2) is 22.0 Å². The van der Waals surface area contributed by atoms with Crippen molar-refractivity contribution in [2.75, 3.05) is 13.1 Å². The van der Waals surface area contributed by atoms with E-state index in [2.05, 4.69) is 31.7 Å². The molecule has 33 heavy (non-hydrogen) atoms. The number of rotatable bonds is 7. The Morgan fingerprint density at radius 2 is 1.12 bits per heavy atom. The van der Waals surface area contributed by atoms with Crippen LogP contribution in [0.1, 0.15) is 25.0 Å². The number of thiocarbonyl (C=S) groups is 2. The molecule has 2 rings (SSSR count). The van der Waals surface area contributed by atoms with Crippen molar-refractivity contribution in [3.8, 4) is 0 Å². The summed E-state index contributed by atoms with van der Waals surface area (Å²) in [5.41, 5.74) is 2.77. The fourth-order valence-electron chi connectivity index (χ4n) is 2.50. The molecule has 0 amide bonds. The second kappa shape index (κ2) is 12.2. The van der Waals surface area contributed by atoms with Gasteiger partial charge in [-0.15, -0.1) is 0 Å². The number of benzene rings is 2. The molecule has 0 spiro atoms. The standard InChI is InChI=1S/C20H19F5N6S2/c1-3-26-19(32)30-28-17(10-8-6-5-7-9-10)18(29-31-20(33)27-4-2)11-12(21)14(23)16(25)15(24)13(11)22/h5-9H,3-4H2,1-2H3,(H2,26,30,32)(H2,27,31,33).